The first-order valence-corrected chi connectivity index (χ1v) is 9.62. The van der Waals surface area contributed by atoms with Crippen molar-refractivity contribution < 1.29 is 0 Å². The third-order valence-electron chi connectivity index (χ3n) is 3.97. The molecule has 0 radical (unpaired) electrons. The molecule has 0 saturated carbocycles. The van der Waals surface area contributed by atoms with Crippen LogP contribution in [0.1, 0.15) is 57.8 Å². The van der Waals surface area contributed by atoms with Crippen molar-refractivity contribution in [1.82, 2.24) is 15.1 Å². The van der Waals surface area contributed by atoms with Crippen LogP contribution in [0.4, 0.5) is 0 Å². The Morgan fingerprint density at radius 3 is 2.75 bits per heavy atom. The molecule has 20 heavy (non-hydrogen) atoms. The zero-order valence-corrected chi connectivity index (χ0v) is 15.1. The summed E-state index contributed by atoms with van der Waals surface area (Å²) in [5.41, 5.74) is 1.32. The fourth-order valence-corrected chi connectivity index (χ4v) is 4.70. The molecular formula is C15H26BrN3S. The van der Waals surface area contributed by atoms with Gasteiger partial charge in [-0.3, -0.25) is 4.68 Å². The van der Waals surface area contributed by atoms with Crippen LogP contribution in [0.25, 0.3) is 0 Å². The van der Waals surface area contributed by atoms with Gasteiger partial charge in [0.1, 0.15) is 0 Å². The average Bonchev–Trinajstić information content (AvgIpc) is 2.81. The molecule has 0 spiro atoms. The van der Waals surface area contributed by atoms with Crippen LogP contribution >= 0.6 is 27.7 Å². The molecule has 1 aliphatic heterocycles. The maximum Gasteiger partial charge on any atom is 0.0698 e. The smallest absolute Gasteiger partial charge is 0.0698 e. The lowest BCUT2D eigenvalue weighted by Gasteiger charge is -2.28. The van der Waals surface area contributed by atoms with Crippen LogP contribution in [0.5, 0.6) is 0 Å². The quantitative estimate of drug-likeness (QED) is 0.815. The zero-order chi connectivity index (χ0) is 14.5. The van der Waals surface area contributed by atoms with Crippen molar-refractivity contribution in [2.75, 3.05) is 18.1 Å². The Morgan fingerprint density at radius 1 is 1.45 bits per heavy atom. The number of nitrogens with zero attached hydrogens (tertiary/aromatic N) is 2. The van der Waals surface area contributed by atoms with Crippen LogP contribution in [-0.4, -0.2) is 27.8 Å². The van der Waals surface area contributed by atoms with E-state index in [0.717, 1.165) is 16.9 Å². The van der Waals surface area contributed by atoms with Crippen LogP contribution in [0, 0.1) is 5.92 Å². The van der Waals surface area contributed by atoms with Gasteiger partial charge in [0.15, 0.2) is 0 Å². The van der Waals surface area contributed by atoms with E-state index in [2.05, 4.69) is 63.6 Å². The second-order valence-corrected chi connectivity index (χ2v) is 7.90. The topological polar surface area (TPSA) is 29.9 Å². The molecule has 5 heteroatoms. The largest absolute Gasteiger partial charge is 0.309 e. The van der Waals surface area contributed by atoms with Crippen LogP contribution in [-0.2, 0) is 0 Å². The first kappa shape index (κ1) is 16.4. The summed E-state index contributed by atoms with van der Waals surface area (Å²) in [7, 11) is 0. The Balaban J connectivity index is 2.16. The predicted octanol–water partition coefficient (Wildman–Crippen LogP) is 4.41. The second kappa shape index (κ2) is 7.85. The van der Waals surface area contributed by atoms with E-state index in [1.165, 1.54) is 36.5 Å². The van der Waals surface area contributed by atoms with Crippen molar-refractivity contribution in [1.29, 1.82) is 0 Å². The Bertz CT molecular complexity index is 413. The van der Waals surface area contributed by atoms with Gasteiger partial charge in [-0.05, 0) is 73.0 Å². The lowest BCUT2D eigenvalue weighted by molar-refractivity contribution is 0.351. The van der Waals surface area contributed by atoms with Crippen molar-refractivity contribution >= 4 is 27.7 Å². The molecule has 0 bridgehead atoms. The van der Waals surface area contributed by atoms with Gasteiger partial charge in [-0.25, -0.2) is 0 Å². The molecular weight excluding hydrogens is 334 g/mol. The van der Waals surface area contributed by atoms with Crippen LogP contribution in [0.15, 0.2) is 10.7 Å². The van der Waals surface area contributed by atoms with Crippen molar-refractivity contribution in [3.8, 4) is 0 Å². The first-order chi connectivity index (χ1) is 9.63. The van der Waals surface area contributed by atoms with Crippen molar-refractivity contribution in [2.24, 2.45) is 5.92 Å². The van der Waals surface area contributed by atoms with Gasteiger partial charge in [0, 0.05) is 6.04 Å². The van der Waals surface area contributed by atoms with Gasteiger partial charge in [0.2, 0.25) is 0 Å². The lowest BCUT2D eigenvalue weighted by Crippen LogP contribution is -2.28. The molecule has 114 valence electrons. The highest BCUT2D eigenvalue weighted by atomic mass is 79.9. The normalized spacial score (nSPS) is 18.6. The molecule has 1 unspecified atom stereocenters. The van der Waals surface area contributed by atoms with E-state index in [4.69, 9.17) is 0 Å². The van der Waals surface area contributed by atoms with Crippen molar-refractivity contribution in [2.45, 2.75) is 52.1 Å². The van der Waals surface area contributed by atoms with E-state index in [0.29, 0.717) is 12.1 Å². The summed E-state index contributed by atoms with van der Waals surface area (Å²) in [5, 5.41) is 8.21. The van der Waals surface area contributed by atoms with E-state index in [1.807, 2.05) is 6.20 Å². The predicted molar refractivity (Wildman–Crippen MR) is 91.4 cm³/mol. The summed E-state index contributed by atoms with van der Waals surface area (Å²) >= 11 is 5.79. The number of thioether (sulfide) groups is 1. The van der Waals surface area contributed by atoms with E-state index < -0.39 is 0 Å². The third kappa shape index (κ3) is 4.01. The summed E-state index contributed by atoms with van der Waals surface area (Å²) < 4.78 is 3.30. The number of aromatic nitrogens is 2. The molecule has 1 aromatic rings. The molecule has 0 aliphatic carbocycles. The van der Waals surface area contributed by atoms with E-state index in [1.54, 1.807) is 0 Å². The van der Waals surface area contributed by atoms with Gasteiger partial charge in [-0.1, -0.05) is 6.92 Å². The number of rotatable bonds is 6. The van der Waals surface area contributed by atoms with Crippen LogP contribution in [0.3, 0.4) is 0 Å². The number of halogens is 1. The van der Waals surface area contributed by atoms with Gasteiger partial charge in [-0.2, -0.15) is 16.9 Å². The van der Waals surface area contributed by atoms with E-state index in [9.17, 15) is 0 Å². The van der Waals surface area contributed by atoms with Crippen LogP contribution < -0.4 is 5.32 Å². The molecule has 0 amide bonds. The molecule has 1 aliphatic rings. The molecule has 1 N–H and O–H groups in total. The number of nitrogens with one attached hydrogen (secondary N) is 1. The molecule has 3 nitrogen and oxygen atoms in total. The molecule has 1 atom stereocenters. The Hall–Kier alpha value is 0. The Kier molecular flexibility index (Phi) is 6.43. The van der Waals surface area contributed by atoms with Gasteiger partial charge >= 0.3 is 0 Å². The van der Waals surface area contributed by atoms with Gasteiger partial charge < -0.3 is 5.32 Å². The van der Waals surface area contributed by atoms with Crippen molar-refractivity contribution in [3.05, 3.63) is 16.4 Å². The average molecular weight is 360 g/mol. The summed E-state index contributed by atoms with van der Waals surface area (Å²) in [5.74, 6) is 3.50. The van der Waals surface area contributed by atoms with E-state index in [-0.39, 0.29) is 0 Å². The Labute approximate surface area is 135 Å². The standard InChI is InChI=1S/C15H26BrN3S/c1-4-17-14(9-12-5-7-20-8-6-12)15-13(16)10-18-19(15)11(2)3/h10-12,14,17H,4-9H2,1-3H3. The Morgan fingerprint density at radius 2 is 2.15 bits per heavy atom. The maximum atomic E-state index is 4.54. The van der Waals surface area contributed by atoms with Gasteiger partial charge in [0.05, 0.1) is 22.4 Å². The molecule has 1 aromatic heterocycles. The second-order valence-electron chi connectivity index (χ2n) is 5.82. The fourth-order valence-electron chi connectivity index (χ4n) is 2.94. The molecule has 0 aromatic carbocycles. The summed E-state index contributed by atoms with van der Waals surface area (Å²) in [6.45, 7) is 7.59. The molecule has 2 rings (SSSR count). The first-order valence-electron chi connectivity index (χ1n) is 7.67. The highest BCUT2D eigenvalue weighted by molar-refractivity contribution is 9.10. The molecule has 2 heterocycles. The molecule has 1 fully saturated rings. The van der Waals surface area contributed by atoms with E-state index >= 15 is 0 Å². The highest BCUT2D eigenvalue weighted by Gasteiger charge is 2.25. The fraction of sp³-hybridized carbons (Fsp3) is 0.800. The summed E-state index contributed by atoms with van der Waals surface area (Å²) in [6.07, 6.45) is 5.89. The lowest BCUT2D eigenvalue weighted by atomic mass is 9.92. The minimum atomic E-state index is 0.402. The van der Waals surface area contributed by atoms with Gasteiger partial charge in [0.25, 0.3) is 0 Å². The zero-order valence-electron chi connectivity index (χ0n) is 12.7. The summed E-state index contributed by atoms with van der Waals surface area (Å²) in [6, 6.07) is 0.812. The maximum absolute atomic E-state index is 4.54. The van der Waals surface area contributed by atoms with Crippen molar-refractivity contribution in [3.63, 3.8) is 0 Å². The minimum Gasteiger partial charge on any atom is -0.309 e. The SMILES string of the molecule is CCNC(CC1CCSCC1)c1c(Br)cnn1C(C)C. The van der Waals surface area contributed by atoms with Gasteiger partial charge in [-0.15, -0.1) is 0 Å². The monoisotopic (exact) mass is 359 g/mol. The summed E-state index contributed by atoms with van der Waals surface area (Å²) in [4.78, 5) is 0. The number of hydrogen-bond acceptors (Lipinski definition) is 3. The minimum absolute atomic E-state index is 0.402. The highest BCUT2D eigenvalue weighted by Crippen LogP contribution is 2.34. The molecule has 1 saturated heterocycles. The van der Waals surface area contributed by atoms with Crippen LogP contribution in [0.2, 0.25) is 0 Å². The number of hydrogen-bond donors (Lipinski definition) is 1. The third-order valence-corrected chi connectivity index (χ3v) is 5.63.